The maximum absolute atomic E-state index is 10.9. The van der Waals surface area contributed by atoms with Gasteiger partial charge >= 0.3 is 11.9 Å². The largest absolute Gasteiger partial charge is 0.504 e. The maximum Gasteiger partial charge on any atom is 0.308 e. The molecule has 0 unspecified atom stereocenters. The van der Waals surface area contributed by atoms with E-state index in [1.165, 1.54) is 38.1 Å². The van der Waals surface area contributed by atoms with Crippen LogP contribution in [0, 0.1) is 11.8 Å². The van der Waals surface area contributed by atoms with E-state index in [1.807, 2.05) is 0 Å². The molecule has 0 aliphatic carbocycles. The van der Waals surface area contributed by atoms with Gasteiger partial charge in [-0.2, -0.15) is 0 Å². The third kappa shape index (κ3) is 6.25. The van der Waals surface area contributed by atoms with Crippen molar-refractivity contribution < 1.29 is 29.3 Å². The standard InChI is InChI=1S/C21H18O6/c1-14(22)26-20-10-8-16(12-18(20)24)6-4-3-5-7-17-9-11-21(19(25)13-17)27-15(2)23/h4,6,8-13,24-25H,3H2,1-2H3/b6-4+. The van der Waals surface area contributed by atoms with E-state index >= 15 is 0 Å². The fraction of sp³-hybridized carbons (Fsp3) is 0.143. The Bertz CT molecular complexity index is 947. The minimum Gasteiger partial charge on any atom is -0.504 e. The van der Waals surface area contributed by atoms with E-state index in [9.17, 15) is 19.8 Å². The highest BCUT2D eigenvalue weighted by atomic mass is 16.5. The van der Waals surface area contributed by atoms with E-state index in [-0.39, 0.29) is 23.0 Å². The topological polar surface area (TPSA) is 93.1 Å². The minimum absolute atomic E-state index is 0.0879. The number of phenols is 2. The highest BCUT2D eigenvalue weighted by Crippen LogP contribution is 2.28. The highest BCUT2D eigenvalue weighted by Gasteiger charge is 2.06. The second-order valence-corrected chi connectivity index (χ2v) is 5.51. The Hall–Kier alpha value is -3.72. The number of carbonyl (C=O) groups excluding carboxylic acids is 2. The van der Waals surface area contributed by atoms with Gasteiger partial charge in [0.15, 0.2) is 23.0 Å². The van der Waals surface area contributed by atoms with Crippen molar-refractivity contribution in [2.45, 2.75) is 20.3 Å². The molecule has 6 heteroatoms. The second-order valence-electron chi connectivity index (χ2n) is 5.51. The van der Waals surface area contributed by atoms with Crippen LogP contribution in [0.1, 0.15) is 31.4 Å². The quantitative estimate of drug-likeness (QED) is 0.489. The van der Waals surface area contributed by atoms with Gasteiger partial charge in [0.1, 0.15) is 0 Å². The van der Waals surface area contributed by atoms with Crippen molar-refractivity contribution in [3.05, 3.63) is 53.6 Å². The molecule has 0 fully saturated rings. The summed E-state index contributed by atoms with van der Waals surface area (Å²) in [5, 5.41) is 19.6. The lowest BCUT2D eigenvalue weighted by Gasteiger charge is -2.04. The lowest BCUT2D eigenvalue weighted by molar-refractivity contribution is -0.132. The SMILES string of the molecule is CC(=O)Oc1ccc(C#CC/C=C/c2ccc(OC(C)=O)c(O)c2)cc1O. The van der Waals surface area contributed by atoms with E-state index in [1.54, 1.807) is 24.3 Å². The van der Waals surface area contributed by atoms with E-state index in [4.69, 9.17) is 9.47 Å². The van der Waals surface area contributed by atoms with Gasteiger partial charge in [0.05, 0.1) is 0 Å². The number of hydrogen-bond donors (Lipinski definition) is 2. The van der Waals surface area contributed by atoms with Crippen molar-refractivity contribution in [2.24, 2.45) is 0 Å². The molecule has 0 aliphatic heterocycles. The first-order valence-electron chi connectivity index (χ1n) is 8.03. The summed E-state index contributed by atoms with van der Waals surface area (Å²) in [7, 11) is 0. The molecule has 27 heavy (non-hydrogen) atoms. The Morgan fingerprint density at radius 3 is 2.11 bits per heavy atom. The second kappa shape index (κ2) is 9.11. The summed E-state index contributed by atoms with van der Waals surface area (Å²) in [6.45, 7) is 2.51. The normalized spacial score (nSPS) is 10.1. The molecule has 2 rings (SSSR count). The summed E-state index contributed by atoms with van der Waals surface area (Å²) >= 11 is 0. The van der Waals surface area contributed by atoms with Crippen LogP contribution in [0.5, 0.6) is 23.0 Å². The average Bonchev–Trinajstić information content (AvgIpc) is 2.58. The van der Waals surface area contributed by atoms with Crippen molar-refractivity contribution in [1.29, 1.82) is 0 Å². The average molecular weight is 366 g/mol. The maximum atomic E-state index is 10.9. The summed E-state index contributed by atoms with van der Waals surface area (Å²) in [4.78, 5) is 21.8. The molecule has 138 valence electrons. The zero-order chi connectivity index (χ0) is 19.8. The minimum atomic E-state index is -0.513. The third-order valence-electron chi connectivity index (χ3n) is 3.21. The number of aromatic hydroxyl groups is 2. The van der Waals surface area contributed by atoms with Crippen molar-refractivity contribution in [3.63, 3.8) is 0 Å². The van der Waals surface area contributed by atoms with Gasteiger partial charge in [0, 0.05) is 25.8 Å². The molecule has 0 amide bonds. The molecule has 2 N–H and O–H groups in total. The zero-order valence-corrected chi connectivity index (χ0v) is 14.9. The van der Waals surface area contributed by atoms with E-state index in [0.717, 1.165) is 5.56 Å². The molecule has 0 atom stereocenters. The van der Waals surface area contributed by atoms with Gasteiger partial charge in [0.2, 0.25) is 0 Å². The number of allylic oxidation sites excluding steroid dienone is 1. The van der Waals surface area contributed by atoms with Gasteiger partial charge in [-0.15, -0.1) is 0 Å². The first-order valence-corrected chi connectivity index (χ1v) is 8.03. The number of ether oxygens (including phenoxy) is 2. The number of rotatable bonds is 4. The molecule has 6 nitrogen and oxygen atoms in total. The van der Waals surface area contributed by atoms with Crippen molar-refractivity contribution in [3.8, 4) is 34.8 Å². The summed E-state index contributed by atoms with van der Waals surface area (Å²) in [6, 6.07) is 9.22. The highest BCUT2D eigenvalue weighted by molar-refractivity contribution is 5.71. The van der Waals surface area contributed by atoms with Gasteiger partial charge in [-0.05, 0) is 35.9 Å². The lowest BCUT2D eigenvalue weighted by Crippen LogP contribution is -2.01. The molecule has 0 saturated heterocycles. The Kier molecular flexibility index (Phi) is 6.61. The summed E-state index contributed by atoms with van der Waals surface area (Å²) in [6.07, 6.45) is 4.02. The van der Waals surface area contributed by atoms with E-state index in [2.05, 4.69) is 11.8 Å². The Morgan fingerprint density at radius 2 is 1.56 bits per heavy atom. The van der Waals surface area contributed by atoms with Crippen LogP contribution in [-0.2, 0) is 9.59 Å². The van der Waals surface area contributed by atoms with Crippen LogP contribution < -0.4 is 9.47 Å². The summed E-state index contributed by atoms with van der Waals surface area (Å²) in [5.74, 6) is 4.71. The fourth-order valence-electron chi connectivity index (χ4n) is 2.12. The van der Waals surface area contributed by atoms with Gasteiger partial charge < -0.3 is 19.7 Å². The smallest absolute Gasteiger partial charge is 0.308 e. The number of phenolic OH excluding ortho intramolecular Hbond substituents is 2. The van der Waals surface area contributed by atoms with Crippen molar-refractivity contribution >= 4 is 18.0 Å². The third-order valence-corrected chi connectivity index (χ3v) is 3.21. The van der Waals surface area contributed by atoms with Crippen LogP contribution in [0.25, 0.3) is 6.08 Å². The lowest BCUT2D eigenvalue weighted by atomic mass is 10.1. The zero-order valence-electron chi connectivity index (χ0n) is 14.9. The van der Waals surface area contributed by atoms with Gasteiger partial charge in [0.25, 0.3) is 0 Å². The molecule has 0 bridgehead atoms. The van der Waals surface area contributed by atoms with Crippen LogP contribution in [-0.4, -0.2) is 22.2 Å². The first kappa shape index (κ1) is 19.6. The van der Waals surface area contributed by atoms with Crippen LogP contribution in [0.2, 0.25) is 0 Å². The monoisotopic (exact) mass is 366 g/mol. The molecule has 0 aromatic heterocycles. The van der Waals surface area contributed by atoms with Crippen LogP contribution in [0.3, 0.4) is 0 Å². The van der Waals surface area contributed by atoms with Crippen LogP contribution in [0.15, 0.2) is 42.5 Å². The predicted octanol–water partition coefficient (Wildman–Crippen LogP) is 3.40. The summed E-state index contributed by atoms with van der Waals surface area (Å²) < 4.78 is 9.68. The van der Waals surface area contributed by atoms with Crippen molar-refractivity contribution in [1.82, 2.24) is 0 Å². The van der Waals surface area contributed by atoms with Gasteiger partial charge in [-0.3, -0.25) is 9.59 Å². The van der Waals surface area contributed by atoms with Crippen molar-refractivity contribution in [2.75, 3.05) is 0 Å². The van der Waals surface area contributed by atoms with Gasteiger partial charge in [-0.1, -0.05) is 30.1 Å². The molecule has 0 aliphatic rings. The molecule has 0 radical (unpaired) electrons. The van der Waals surface area contributed by atoms with Crippen LogP contribution >= 0.6 is 0 Å². The number of esters is 2. The molecule has 2 aromatic rings. The Labute approximate surface area is 156 Å². The van der Waals surface area contributed by atoms with Gasteiger partial charge in [-0.25, -0.2) is 0 Å². The molecule has 0 saturated carbocycles. The molecule has 0 heterocycles. The predicted molar refractivity (Wildman–Crippen MR) is 99.4 cm³/mol. The van der Waals surface area contributed by atoms with E-state index < -0.39 is 11.9 Å². The molecule has 0 spiro atoms. The number of carbonyl (C=O) groups is 2. The Morgan fingerprint density at radius 1 is 0.963 bits per heavy atom. The first-order chi connectivity index (χ1) is 12.8. The number of hydrogen-bond acceptors (Lipinski definition) is 6. The van der Waals surface area contributed by atoms with E-state index in [0.29, 0.717) is 12.0 Å². The Balaban J connectivity index is 1.97. The molecular weight excluding hydrogens is 348 g/mol. The molecule has 2 aromatic carbocycles. The summed E-state index contributed by atoms with van der Waals surface area (Å²) in [5.41, 5.74) is 1.31. The fourth-order valence-corrected chi connectivity index (χ4v) is 2.12. The molecular formula is C21H18O6. The number of benzene rings is 2. The van der Waals surface area contributed by atoms with Crippen LogP contribution in [0.4, 0.5) is 0 Å².